The van der Waals surface area contributed by atoms with E-state index in [0.29, 0.717) is 0 Å². The fourth-order valence-electron chi connectivity index (χ4n) is 2.50. The Kier molecular flexibility index (Phi) is 3.80. The lowest BCUT2D eigenvalue weighted by molar-refractivity contribution is -0.120. The lowest BCUT2D eigenvalue weighted by Gasteiger charge is -2.16. The van der Waals surface area contributed by atoms with E-state index in [1.807, 2.05) is 12.1 Å². The molecule has 1 heterocycles. The number of thioether (sulfide) groups is 1. The van der Waals surface area contributed by atoms with Gasteiger partial charge in [-0.3, -0.25) is 4.79 Å². The molecule has 0 bridgehead atoms. The Labute approximate surface area is 118 Å². The zero-order valence-electron chi connectivity index (χ0n) is 11.3. The van der Waals surface area contributed by atoms with Crippen molar-refractivity contribution in [2.24, 2.45) is 0 Å². The van der Waals surface area contributed by atoms with Gasteiger partial charge in [-0.1, -0.05) is 18.2 Å². The average molecular weight is 276 g/mol. The van der Waals surface area contributed by atoms with Crippen LogP contribution in [0.1, 0.15) is 18.4 Å². The first kappa shape index (κ1) is 13.0. The van der Waals surface area contributed by atoms with E-state index in [-0.39, 0.29) is 11.2 Å². The first-order valence-corrected chi connectivity index (χ1v) is 7.84. The summed E-state index contributed by atoms with van der Waals surface area (Å²) in [4.78, 5) is 15.7. The number of likely N-dealkylation sites (N-methyl/N-ethyl adjacent to an activating group) is 1. The van der Waals surface area contributed by atoms with Crippen LogP contribution >= 0.6 is 11.8 Å². The molecule has 1 amide bonds. The molecular formula is C15H20N2OS. The molecule has 1 unspecified atom stereocenters. The van der Waals surface area contributed by atoms with Gasteiger partial charge in [0.15, 0.2) is 0 Å². The molecule has 1 aliphatic carbocycles. The molecule has 19 heavy (non-hydrogen) atoms. The summed E-state index contributed by atoms with van der Waals surface area (Å²) >= 11 is 1.70. The summed E-state index contributed by atoms with van der Waals surface area (Å²) in [5.74, 6) is 0.186. The molecule has 102 valence electrons. The number of amides is 1. The molecular weight excluding hydrogens is 256 g/mol. The van der Waals surface area contributed by atoms with Crippen molar-refractivity contribution in [3.8, 4) is 0 Å². The summed E-state index contributed by atoms with van der Waals surface area (Å²) in [7, 11) is 2.14. The predicted molar refractivity (Wildman–Crippen MR) is 78.5 cm³/mol. The number of benzene rings is 1. The van der Waals surface area contributed by atoms with Crippen molar-refractivity contribution < 1.29 is 4.79 Å². The summed E-state index contributed by atoms with van der Waals surface area (Å²) in [5.41, 5.74) is 1.31. The molecule has 1 fully saturated rings. The standard InChI is InChI=1S/C15H20N2OS/c1-17(12-6-7-12)9-8-16-15(18)14-10-11-4-2-3-5-13(11)19-14/h2-5,12,14H,6-10H2,1H3,(H,16,18). The molecule has 1 aliphatic heterocycles. The summed E-state index contributed by atoms with van der Waals surface area (Å²) in [5, 5.41) is 3.13. The normalized spacial score (nSPS) is 21.5. The summed E-state index contributed by atoms with van der Waals surface area (Å²) < 4.78 is 0. The van der Waals surface area contributed by atoms with Crippen LogP contribution in [0.25, 0.3) is 0 Å². The van der Waals surface area contributed by atoms with Crippen molar-refractivity contribution in [1.82, 2.24) is 10.2 Å². The summed E-state index contributed by atoms with van der Waals surface area (Å²) in [6.45, 7) is 1.72. The van der Waals surface area contributed by atoms with Gasteiger partial charge in [-0.15, -0.1) is 11.8 Å². The van der Waals surface area contributed by atoms with Crippen LogP contribution in [0.2, 0.25) is 0 Å². The molecule has 4 heteroatoms. The first-order chi connectivity index (χ1) is 9.24. The molecule has 0 spiro atoms. The Hall–Kier alpha value is -1.00. The molecule has 0 saturated heterocycles. The lowest BCUT2D eigenvalue weighted by atomic mass is 10.1. The number of nitrogens with one attached hydrogen (secondary N) is 1. The Balaban J connectivity index is 1.44. The highest BCUT2D eigenvalue weighted by Crippen LogP contribution is 2.36. The third kappa shape index (κ3) is 3.12. The van der Waals surface area contributed by atoms with E-state index in [1.165, 1.54) is 23.3 Å². The Morgan fingerprint density at radius 2 is 2.21 bits per heavy atom. The van der Waals surface area contributed by atoms with Gasteiger partial charge in [-0.2, -0.15) is 0 Å². The highest BCUT2D eigenvalue weighted by molar-refractivity contribution is 8.01. The number of fused-ring (bicyclic) bond motifs is 1. The number of rotatable bonds is 5. The molecule has 3 nitrogen and oxygen atoms in total. The van der Waals surface area contributed by atoms with Crippen LogP contribution in [0.15, 0.2) is 29.2 Å². The molecule has 3 rings (SSSR count). The third-order valence-electron chi connectivity index (χ3n) is 3.87. The van der Waals surface area contributed by atoms with Gasteiger partial charge in [0.2, 0.25) is 5.91 Å². The Morgan fingerprint density at radius 1 is 1.42 bits per heavy atom. The molecule has 1 saturated carbocycles. The maximum atomic E-state index is 12.1. The van der Waals surface area contributed by atoms with Gasteiger partial charge in [0, 0.05) is 24.0 Å². The predicted octanol–water partition coefficient (Wildman–Crippen LogP) is 1.91. The van der Waals surface area contributed by atoms with E-state index >= 15 is 0 Å². The molecule has 1 aromatic carbocycles. The highest BCUT2D eigenvalue weighted by Gasteiger charge is 2.28. The van der Waals surface area contributed by atoms with Crippen molar-refractivity contribution in [2.75, 3.05) is 20.1 Å². The third-order valence-corrected chi connectivity index (χ3v) is 5.19. The SMILES string of the molecule is CN(CCNC(=O)C1Cc2ccccc2S1)C1CC1. The zero-order valence-corrected chi connectivity index (χ0v) is 12.1. The van der Waals surface area contributed by atoms with Crippen LogP contribution in [0.4, 0.5) is 0 Å². The average Bonchev–Trinajstić information content (AvgIpc) is 3.17. The number of carbonyl (C=O) groups is 1. The summed E-state index contributed by atoms with van der Waals surface area (Å²) in [6.07, 6.45) is 3.50. The van der Waals surface area contributed by atoms with Gasteiger partial charge in [0.1, 0.15) is 0 Å². The van der Waals surface area contributed by atoms with Crippen LogP contribution in [-0.4, -0.2) is 42.2 Å². The van der Waals surface area contributed by atoms with Crippen molar-refractivity contribution in [2.45, 2.75) is 35.4 Å². The Morgan fingerprint density at radius 3 is 2.95 bits per heavy atom. The van der Waals surface area contributed by atoms with E-state index < -0.39 is 0 Å². The molecule has 2 aliphatic rings. The van der Waals surface area contributed by atoms with Gasteiger partial charge in [0.25, 0.3) is 0 Å². The van der Waals surface area contributed by atoms with E-state index in [1.54, 1.807) is 11.8 Å². The van der Waals surface area contributed by atoms with E-state index in [2.05, 4.69) is 29.4 Å². The Bertz CT molecular complexity index is 448. The largest absolute Gasteiger partial charge is 0.354 e. The second-order valence-electron chi connectivity index (χ2n) is 5.42. The minimum absolute atomic E-state index is 0.0589. The van der Waals surface area contributed by atoms with E-state index in [9.17, 15) is 4.79 Å². The van der Waals surface area contributed by atoms with Gasteiger partial charge >= 0.3 is 0 Å². The van der Waals surface area contributed by atoms with Crippen LogP contribution in [-0.2, 0) is 11.2 Å². The molecule has 0 radical (unpaired) electrons. The number of hydrogen-bond acceptors (Lipinski definition) is 3. The van der Waals surface area contributed by atoms with E-state index in [0.717, 1.165) is 25.6 Å². The molecule has 0 aromatic heterocycles. The quantitative estimate of drug-likeness (QED) is 0.891. The second-order valence-corrected chi connectivity index (χ2v) is 6.67. The molecule has 1 aromatic rings. The fourth-order valence-corrected chi connectivity index (χ4v) is 3.72. The topological polar surface area (TPSA) is 32.3 Å². The van der Waals surface area contributed by atoms with Crippen LogP contribution in [0, 0.1) is 0 Å². The summed E-state index contributed by atoms with van der Waals surface area (Å²) in [6, 6.07) is 9.08. The van der Waals surface area contributed by atoms with Crippen LogP contribution < -0.4 is 5.32 Å². The second kappa shape index (κ2) is 5.55. The van der Waals surface area contributed by atoms with Crippen LogP contribution in [0.3, 0.4) is 0 Å². The monoisotopic (exact) mass is 276 g/mol. The van der Waals surface area contributed by atoms with E-state index in [4.69, 9.17) is 0 Å². The number of nitrogens with zero attached hydrogens (tertiary/aromatic N) is 1. The lowest BCUT2D eigenvalue weighted by Crippen LogP contribution is -2.38. The minimum atomic E-state index is 0.0589. The number of hydrogen-bond donors (Lipinski definition) is 1. The van der Waals surface area contributed by atoms with Gasteiger partial charge in [0.05, 0.1) is 5.25 Å². The van der Waals surface area contributed by atoms with Crippen LogP contribution in [0.5, 0.6) is 0 Å². The maximum absolute atomic E-state index is 12.1. The first-order valence-electron chi connectivity index (χ1n) is 6.96. The molecule has 1 atom stereocenters. The van der Waals surface area contributed by atoms with Crippen molar-refractivity contribution >= 4 is 17.7 Å². The fraction of sp³-hybridized carbons (Fsp3) is 0.533. The number of carbonyl (C=O) groups excluding carboxylic acids is 1. The van der Waals surface area contributed by atoms with Crippen molar-refractivity contribution in [3.05, 3.63) is 29.8 Å². The van der Waals surface area contributed by atoms with Crippen molar-refractivity contribution in [3.63, 3.8) is 0 Å². The minimum Gasteiger partial charge on any atom is -0.354 e. The zero-order chi connectivity index (χ0) is 13.2. The van der Waals surface area contributed by atoms with Crippen molar-refractivity contribution in [1.29, 1.82) is 0 Å². The van der Waals surface area contributed by atoms with Gasteiger partial charge in [-0.25, -0.2) is 0 Å². The van der Waals surface area contributed by atoms with Gasteiger partial charge in [-0.05, 0) is 37.9 Å². The molecule has 1 N–H and O–H groups in total. The van der Waals surface area contributed by atoms with Gasteiger partial charge < -0.3 is 10.2 Å². The smallest absolute Gasteiger partial charge is 0.233 e. The maximum Gasteiger partial charge on any atom is 0.233 e. The highest BCUT2D eigenvalue weighted by atomic mass is 32.2.